The zero-order chi connectivity index (χ0) is 27.3. The summed E-state index contributed by atoms with van der Waals surface area (Å²) in [5.74, 6) is -0.500. The molecular weight excluding hydrogens is 522 g/mol. The normalized spacial score (nSPS) is 17.6. The van der Waals surface area contributed by atoms with Crippen LogP contribution in [0.3, 0.4) is 0 Å². The Labute approximate surface area is 227 Å². The van der Waals surface area contributed by atoms with E-state index in [4.69, 9.17) is 4.74 Å². The molecule has 200 valence electrons. The molecule has 10 heteroatoms. The minimum atomic E-state index is -4.11. The van der Waals surface area contributed by atoms with Crippen molar-refractivity contribution < 1.29 is 22.7 Å². The van der Waals surface area contributed by atoms with Gasteiger partial charge in [-0.3, -0.25) is 9.59 Å². The topological polar surface area (TPSA) is 96.0 Å². The second-order valence-corrected chi connectivity index (χ2v) is 12.1. The molecule has 1 aromatic heterocycles. The Morgan fingerprint density at radius 3 is 2.32 bits per heavy atom. The molecule has 2 unspecified atom stereocenters. The minimum absolute atomic E-state index is 0.0386. The lowest BCUT2D eigenvalue weighted by Gasteiger charge is -2.30. The van der Waals surface area contributed by atoms with E-state index in [9.17, 15) is 18.0 Å². The van der Waals surface area contributed by atoms with Crippen molar-refractivity contribution in [3.63, 3.8) is 0 Å². The lowest BCUT2D eigenvalue weighted by molar-refractivity contribution is -0.135. The number of sulfonamides is 1. The SMILES string of the molecule is CC1C=COC1CN(Cc1cccs1)C(=O)[C@@H](NS(=O)(=O)c1ccc(C(=O)N(C)C)cc1)c1ccccc1. The van der Waals surface area contributed by atoms with Crippen molar-refractivity contribution in [1.82, 2.24) is 14.5 Å². The van der Waals surface area contributed by atoms with Crippen LogP contribution in [0.15, 0.2) is 89.3 Å². The van der Waals surface area contributed by atoms with E-state index in [1.807, 2.05) is 36.6 Å². The fraction of sp³-hybridized carbons (Fsp3) is 0.286. The van der Waals surface area contributed by atoms with Gasteiger partial charge in [-0.1, -0.05) is 43.3 Å². The Bertz CT molecular complexity index is 1370. The molecule has 1 N–H and O–H groups in total. The van der Waals surface area contributed by atoms with Crippen LogP contribution in [0.1, 0.15) is 33.8 Å². The summed E-state index contributed by atoms with van der Waals surface area (Å²) >= 11 is 1.53. The molecule has 38 heavy (non-hydrogen) atoms. The Hall–Kier alpha value is -3.47. The zero-order valence-corrected chi connectivity index (χ0v) is 23.1. The van der Waals surface area contributed by atoms with E-state index in [0.717, 1.165) is 4.88 Å². The van der Waals surface area contributed by atoms with Gasteiger partial charge in [0.1, 0.15) is 12.1 Å². The third-order valence-electron chi connectivity index (χ3n) is 6.33. The van der Waals surface area contributed by atoms with E-state index in [2.05, 4.69) is 4.72 Å². The summed E-state index contributed by atoms with van der Waals surface area (Å²) in [4.78, 5) is 30.3. The summed E-state index contributed by atoms with van der Waals surface area (Å²) in [7, 11) is -0.862. The van der Waals surface area contributed by atoms with Gasteiger partial charge in [-0.15, -0.1) is 11.3 Å². The predicted molar refractivity (Wildman–Crippen MR) is 147 cm³/mol. The van der Waals surface area contributed by atoms with Crippen LogP contribution in [-0.4, -0.2) is 56.8 Å². The van der Waals surface area contributed by atoms with Gasteiger partial charge in [-0.2, -0.15) is 4.72 Å². The Kier molecular flexibility index (Phi) is 8.65. The van der Waals surface area contributed by atoms with Gasteiger partial charge in [-0.05, 0) is 47.4 Å². The second-order valence-electron chi connectivity index (χ2n) is 9.35. The maximum Gasteiger partial charge on any atom is 0.253 e. The molecule has 3 aromatic rings. The van der Waals surface area contributed by atoms with Gasteiger partial charge in [0.2, 0.25) is 15.9 Å². The Morgan fingerprint density at radius 1 is 1.03 bits per heavy atom. The average molecular weight is 554 g/mol. The smallest absolute Gasteiger partial charge is 0.253 e. The van der Waals surface area contributed by atoms with E-state index in [1.54, 1.807) is 49.5 Å². The highest BCUT2D eigenvalue weighted by molar-refractivity contribution is 7.89. The second kappa shape index (κ2) is 11.9. The van der Waals surface area contributed by atoms with Crippen molar-refractivity contribution in [2.24, 2.45) is 5.92 Å². The molecule has 2 heterocycles. The van der Waals surface area contributed by atoms with Gasteiger partial charge < -0.3 is 14.5 Å². The molecule has 2 amide bonds. The van der Waals surface area contributed by atoms with Crippen LogP contribution in [-0.2, 0) is 26.1 Å². The minimum Gasteiger partial charge on any atom is -0.496 e. The molecular formula is C28H31N3O5S2. The van der Waals surface area contributed by atoms with E-state index in [0.29, 0.717) is 24.2 Å². The van der Waals surface area contributed by atoms with Crippen molar-refractivity contribution in [1.29, 1.82) is 0 Å². The average Bonchev–Trinajstić information content (AvgIpc) is 3.58. The number of nitrogens with one attached hydrogen (secondary N) is 1. The molecule has 0 radical (unpaired) electrons. The molecule has 4 rings (SSSR count). The van der Waals surface area contributed by atoms with Gasteiger partial charge in [0.15, 0.2) is 0 Å². The number of benzene rings is 2. The molecule has 3 atom stereocenters. The van der Waals surface area contributed by atoms with E-state index in [-0.39, 0.29) is 28.7 Å². The molecule has 0 spiro atoms. The van der Waals surface area contributed by atoms with E-state index >= 15 is 0 Å². The zero-order valence-electron chi connectivity index (χ0n) is 21.5. The third kappa shape index (κ3) is 6.50. The quantitative estimate of drug-likeness (QED) is 0.409. The van der Waals surface area contributed by atoms with Crippen LogP contribution in [0.5, 0.6) is 0 Å². The number of carbonyl (C=O) groups is 2. The van der Waals surface area contributed by atoms with Crippen molar-refractivity contribution in [2.75, 3.05) is 20.6 Å². The Balaban J connectivity index is 1.64. The van der Waals surface area contributed by atoms with Crippen LogP contribution >= 0.6 is 11.3 Å². The molecule has 0 saturated carbocycles. The monoisotopic (exact) mass is 553 g/mol. The van der Waals surface area contributed by atoms with Crippen LogP contribution < -0.4 is 4.72 Å². The van der Waals surface area contributed by atoms with Crippen molar-refractivity contribution in [3.8, 4) is 0 Å². The summed E-state index contributed by atoms with van der Waals surface area (Å²) in [6, 6.07) is 17.2. The van der Waals surface area contributed by atoms with Crippen molar-refractivity contribution >= 4 is 33.2 Å². The molecule has 0 saturated heterocycles. The van der Waals surface area contributed by atoms with Crippen LogP contribution in [0, 0.1) is 5.92 Å². The molecule has 0 fully saturated rings. The maximum absolute atomic E-state index is 14.1. The number of hydrogen-bond donors (Lipinski definition) is 1. The maximum atomic E-state index is 14.1. The Morgan fingerprint density at radius 2 is 1.74 bits per heavy atom. The highest BCUT2D eigenvalue weighted by Crippen LogP contribution is 2.25. The molecule has 0 bridgehead atoms. The lowest BCUT2D eigenvalue weighted by atomic mass is 10.0. The van der Waals surface area contributed by atoms with Crippen LogP contribution in [0.4, 0.5) is 0 Å². The third-order valence-corrected chi connectivity index (χ3v) is 8.63. The fourth-order valence-corrected chi connectivity index (χ4v) is 6.01. The number of amides is 2. The number of rotatable bonds is 10. The largest absolute Gasteiger partial charge is 0.496 e. The first kappa shape index (κ1) is 27.6. The van der Waals surface area contributed by atoms with Crippen molar-refractivity contribution in [2.45, 2.75) is 30.5 Å². The predicted octanol–water partition coefficient (Wildman–Crippen LogP) is 4.05. The van der Waals surface area contributed by atoms with Gasteiger partial charge in [0.25, 0.3) is 5.91 Å². The number of hydrogen-bond acceptors (Lipinski definition) is 6. The molecule has 0 aliphatic carbocycles. The standard InChI is InChI=1S/C28H31N3O5S2/c1-20-15-16-36-25(20)19-31(18-23-10-7-17-37-23)28(33)26(21-8-5-4-6-9-21)29-38(34,35)24-13-11-22(12-14-24)27(32)30(2)3/h4-17,20,25-26,29H,18-19H2,1-3H3/t20?,25?,26-/m0/s1. The van der Waals surface area contributed by atoms with E-state index in [1.165, 1.54) is 40.5 Å². The molecule has 8 nitrogen and oxygen atoms in total. The number of ether oxygens (including phenoxy) is 1. The lowest BCUT2D eigenvalue weighted by Crippen LogP contribution is -2.45. The number of carbonyl (C=O) groups excluding carboxylic acids is 2. The van der Waals surface area contributed by atoms with Crippen LogP contribution in [0.25, 0.3) is 0 Å². The first-order valence-electron chi connectivity index (χ1n) is 12.2. The summed E-state index contributed by atoms with van der Waals surface area (Å²) in [6.45, 7) is 2.65. The summed E-state index contributed by atoms with van der Waals surface area (Å²) in [6.07, 6.45) is 3.36. The highest BCUT2D eigenvalue weighted by Gasteiger charge is 2.34. The molecule has 2 aromatic carbocycles. The number of nitrogens with zero attached hydrogens (tertiary/aromatic N) is 2. The first-order chi connectivity index (χ1) is 18.2. The number of thiophene rings is 1. The van der Waals surface area contributed by atoms with Gasteiger partial charge >= 0.3 is 0 Å². The summed E-state index contributed by atoms with van der Waals surface area (Å²) in [5.41, 5.74) is 0.890. The summed E-state index contributed by atoms with van der Waals surface area (Å²) < 4.78 is 35.3. The van der Waals surface area contributed by atoms with Gasteiger partial charge in [-0.25, -0.2) is 8.42 Å². The fourth-order valence-electron chi connectivity index (χ4n) is 4.11. The van der Waals surface area contributed by atoms with Crippen molar-refractivity contribution in [3.05, 3.63) is 100 Å². The summed E-state index contributed by atoms with van der Waals surface area (Å²) in [5, 5.41) is 1.94. The van der Waals surface area contributed by atoms with Crippen LogP contribution in [0.2, 0.25) is 0 Å². The van der Waals surface area contributed by atoms with E-state index < -0.39 is 16.1 Å². The molecule has 1 aliphatic heterocycles. The van der Waals surface area contributed by atoms with Gasteiger partial charge in [0.05, 0.1) is 24.2 Å². The highest BCUT2D eigenvalue weighted by atomic mass is 32.2. The first-order valence-corrected chi connectivity index (χ1v) is 14.5. The van der Waals surface area contributed by atoms with Gasteiger partial charge in [0, 0.05) is 30.5 Å². The molecule has 1 aliphatic rings.